The van der Waals surface area contributed by atoms with Gasteiger partial charge in [0, 0.05) is 19.5 Å². The van der Waals surface area contributed by atoms with Gasteiger partial charge in [-0.1, -0.05) is 36.8 Å². The quantitative estimate of drug-likeness (QED) is 0.861. The van der Waals surface area contributed by atoms with E-state index in [0.717, 1.165) is 45.2 Å². The average Bonchev–Trinajstić information content (AvgIpc) is 2.95. The van der Waals surface area contributed by atoms with Crippen molar-refractivity contribution in [3.05, 3.63) is 35.9 Å². The minimum Gasteiger partial charge on any atom is -0.334 e. The van der Waals surface area contributed by atoms with Crippen LogP contribution < -0.4 is 0 Å². The predicted molar refractivity (Wildman–Crippen MR) is 85.2 cm³/mol. The Morgan fingerprint density at radius 1 is 1.05 bits per heavy atom. The van der Waals surface area contributed by atoms with Crippen LogP contribution in [0.2, 0.25) is 0 Å². The van der Waals surface area contributed by atoms with Crippen molar-refractivity contribution in [3.8, 4) is 0 Å². The summed E-state index contributed by atoms with van der Waals surface area (Å²) in [6.45, 7) is 1.79. The number of benzene rings is 1. The second-order valence-corrected chi connectivity index (χ2v) is 6.28. The van der Waals surface area contributed by atoms with Gasteiger partial charge in [0.05, 0.1) is 12.6 Å². The van der Waals surface area contributed by atoms with E-state index in [0.29, 0.717) is 6.42 Å². The van der Waals surface area contributed by atoms with Crippen molar-refractivity contribution in [3.63, 3.8) is 0 Å². The minimum absolute atomic E-state index is 0.0987. The molecule has 0 aliphatic carbocycles. The van der Waals surface area contributed by atoms with Gasteiger partial charge in [-0.05, 0) is 31.2 Å². The number of amides is 2. The first-order valence-corrected chi connectivity index (χ1v) is 8.38. The Morgan fingerprint density at radius 3 is 2.68 bits per heavy atom. The van der Waals surface area contributed by atoms with Crippen molar-refractivity contribution in [2.24, 2.45) is 0 Å². The van der Waals surface area contributed by atoms with Gasteiger partial charge in [0.1, 0.15) is 0 Å². The smallest absolute Gasteiger partial charge is 0.242 e. The molecule has 3 rings (SSSR count). The Bertz CT molecular complexity index is 529. The SMILES string of the molecule is O=C1CCCCCN1CC(=O)N1CCCC1c1ccccc1. The van der Waals surface area contributed by atoms with Gasteiger partial charge < -0.3 is 9.80 Å². The largest absolute Gasteiger partial charge is 0.334 e. The first kappa shape index (κ1) is 15.1. The Kier molecular flexibility index (Phi) is 4.76. The number of hydrogen-bond acceptors (Lipinski definition) is 2. The fraction of sp³-hybridized carbons (Fsp3) is 0.556. The second kappa shape index (κ2) is 6.95. The van der Waals surface area contributed by atoms with Crippen molar-refractivity contribution in [1.82, 2.24) is 9.80 Å². The van der Waals surface area contributed by atoms with Crippen molar-refractivity contribution in [2.75, 3.05) is 19.6 Å². The predicted octanol–water partition coefficient (Wildman–Crippen LogP) is 2.75. The van der Waals surface area contributed by atoms with Gasteiger partial charge in [0.15, 0.2) is 0 Å². The monoisotopic (exact) mass is 300 g/mol. The van der Waals surface area contributed by atoms with E-state index >= 15 is 0 Å². The molecule has 4 heteroatoms. The molecule has 0 bridgehead atoms. The van der Waals surface area contributed by atoms with E-state index < -0.39 is 0 Å². The van der Waals surface area contributed by atoms with Gasteiger partial charge >= 0.3 is 0 Å². The fourth-order valence-electron chi connectivity index (χ4n) is 3.55. The summed E-state index contributed by atoms with van der Waals surface area (Å²) in [5.41, 5.74) is 1.20. The molecule has 2 heterocycles. The maximum atomic E-state index is 12.7. The molecule has 0 spiro atoms. The molecule has 22 heavy (non-hydrogen) atoms. The summed E-state index contributed by atoms with van der Waals surface area (Å²) in [7, 11) is 0. The fourth-order valence-corrected chi connectivity index (χ4v) is 3.55. The van der Waals surface area contributed by atoms with Crippen LogP contribution in [0.15, 0.2) is 30.3 Å². The Hall–Kier alpha value is -1.84. The Morgan fingerprint density at radius 2 is 1.86 bits per heavy atom. The number of rotatable bonds is 3. The van der Waals surface area contributed by atoms with Gasteiger partial charge in [-0.15, -0.1) is 0 Å². The van der Waals surface area contributed by atoms with E-state index in [4.69, 9.17) is 0 Å². The summed E-state index contributed by atoms with van der Waals surface area (Å²) in [5.74, 6) is 0.239. The summed E-state index contributed by atoms with van der Waals surface area (Å²) < 4.78 is 0. The van der Waals surface area contributed by atoms with Crippen molar-refractivity contribution in [2.45, 2.75) is 44.6 Å². The van der Waals surface area contributed by atoms with Crippen LogP contribution in [0.25, 0.3) is 0 Å². The zero-order valence-corrected chi connectivity index (χ0v) is 13.0. The number of likely N-dealkylation sites (tertiary alicyclic amines) is 2. The van der Waals surface area contributed by atoms with Crippen molar-refractivity contribution in [1.29, 1.82) is 0 Å². The third-order valence-electron chi connectivity index (χ3n) is 4.75. The summed E-state index contributed by atoms with van der Waals surface area (Å²) in [4.78, 5) is 28.5. The minimum atomic E-state index is 0.0987. The number of hydrogen-bond donors (Lipinski definition) is 0. The second-order valence-electron chi connectivity index (χ2n) is 6.28. The van der Waals surface area contributed by atoms with E-state index in [2.05, 4.69) is 12.1 Å². The molecule has 0 saturated carbocycles. The lowest BCUT2D eigenvalue weighted by Crippen LogP contribution is -2.42. The van der Waals surface area contributed by atoms with Crippen LogP contribution in [0.1, 0.15) is 50.1 Å². The number of nitrogens with zero attached hydrogens (tertiary/aromatic N) is 2. The molecule has 1 unspecified atom stereocenters. The van der Waals surface area contributed by atoms with E-state index in [-0.39, 0.29) is 24.4 Å². The molecule has 0 N–H and O–H groups in total. The van der Waals surface area contributed by atoms with Crippen LogP contribution in [0, 0.1) is 0 Å². The molecule has 2 amide bonds. The van der Waals surface area contributed by atoms with Crippen LogP contribution in [0.4, 0.5) is 0 Å². The molecular weight excluding hydrogens is 276 g/mol. The van der Waals surface area contributed by atoms with Gasteiger partial charge in [-0.3, -0.25) is 9.59 Å². The normalized spacial score (nSPS) is 22.7. The lowest BCUT2D eigenvalue weighted by molar-refractivity contribution is -0.140. The van der Waals surface area contributed by atoms with Gasteiger partial charge in [0.2, 0.25) is 11.8 Å². The van der Waals surface area contributed by atoms with Crippen molar-refractivity contribution >= 4 is 11.8 Å². The Balaban J connectivity index is 1.67. The summed E-state index contributed by atoms with van der Waals surface area (Å²) in [6, 6.07) is 10.4. The highest BCUT2D eigenvalue weighted by molar-refractivity contribution is 5.85. The first-order valence-electron chi connectivity index (χ1n) is 8.38. The molecule has 1 aromatic carbocycles. The summed E-state index contributed by atoms with van der Waals surface area (Å²) in [5, 5.41) is 0. The molecular formula is C18H24N2O2. The molecule has 0 aromatic heterocycles. The average molecular weight is 300 g/mol. The highest BCUT2D eigenvalue weighted by Gasteiger charge is 2.31. The van der Waals surface area contributed by atoms with E-state index in [1.54, 1.807) is 4.90 Å². The topological polar surface area (TPSA) is 40.6 Å². The third kappa shape index (κ3) is 3.32. The molecule has 2 aliphatic rings. The lowest BCUT2D eigenvalue weighted by atomic mass is 10.0. The number of carbonyl (C=O) groups is 2. The van der Waals surface area contributed by atoms with Crippen LogP contribution in [-0.2, 0) is 9.59 Å². The molecule has 2 aliphatic heterocycles. The molecule has 4 nitrogen and oxygen atoms in total. The van der Waals surface area contributed by atoms with Crippen LogP contribution >= 0.6 is 0 Å². The lowest BCUT2D eigenvalue weighted by Gasteiger charge is -2.28. The molecule has 1 atom stereocenters. The van der Waals surface area contributed by atoms with E-state index in [9.17, 15) is 9.59 Å². The highest BCUT2D eigenvalue weighted by Crippen LogP contribution is 2.31. The van der Waals surface area contributed by atoms with Crippen molar-refractivity contribution < 1.29 is 9.59 Å². The van der Waals surface area contributed by atoms with E-state index in [1.165, 1.54) is 5.56 Å². The molecule has 118 valence electrons. The zero-order chi connectivity index (χ0) is 15.4. The summed E-state index contributed by atoms with van der Waals surface area (Å²) in [6.07, 6.45) is 5.71. The first-order chi connectivity index (χ1) is 10.8. The van der Waals surface area contributed by atoms with Crippen LogP contribution in [0.5, 0.6) is 0 Å². The van der Waals surface area contributed by atoms with Crippen LogP contribution in [0.3, 0.4) is 0 Å². The molecule has 2 fully saturated rings. The molecule has 1 aromatic rings. The third-order valence-corrected chi connectivity index (χ3v) is 4.75. The standard InChI is InChI=1S/C18H24N2O2/c21-17-11-5-2-6-12-19(17)14-18(22)20-13-7-10-16(20)15-8-3-1-4-9-15/h1,3-4,8-9,16H,2,5-7,10-14H2. The van der Waals surface area contributed by atoms with Crippen LogP contribution in [-0.4, -0.2) is 41.2 Å². The highest BCUT2D eigenvalue weighted by atomic mass is 16.2. The summed E-state index contributed by atoms with van der Waals surface area (Å²) >= 11 is 0. The Labute approximate surface area is 132 Å². The molecule has 2 saturated heterocycles. The molecule has 0 radical (unpaired) electrons. The maximum Gasteiger partial charge on any atom is 0.242 e. The van der Waals surface area contributed by atoms with Gasteiger partial charge in [-0.25, -0.2) is 0 Å². The van der Waals surface area contributed by atoms with Gasteiger partial charge in [-0.2, -0.15) is 0 Å². The maximum absolute atomic E-state index is 12.7. The van der Waals surface area contributed by atoms with Gasteiger partial charge in [0.25, 0.3) is 0 Å². The zero-order valence-electron chi connectivity index (χ0n) is 13.0. The van der Waals surface area contributed by atoms with E-state index in [1.807, 2.05) is 23.1 Å². The number of carbonyl (C=O) groups excluding carboxylic acids is 2.